The molecule has 0 radical (unpaired) electrons. The van der Waals surface area contributed by atoms with Gasteiger partial charge in [0.25, 0.3) is 0 Å². The number of rotatable bonds is 4. The highest BCUT2D eigenvalue weighted by molar-refractivity contribution is 6.27. The summed E-state index contributed by atoms with van der Waals surface area (Å²) in [5.41, 5.74) is 0. The van der Waals surface area contributed by atoms with Gasteiger partial charge in [-0.05, 0) is 0 Å². The Morgan fingerprint density at radius 2 is 1.08 bits per heavy atom. The van der Waals surface area contributed by atoms with Crippen molar-refractivity contribution in [2.75, 3.05) is 24.8 Å². The summed E-state index contributed by atoms with van der Waals surface area (Å²) in [5.74, 6) is -3.62. The van der Waals surface area contributed by atoms with Crippen molar-refractivity contribution >= 4 is 47.0 Å². The Morgan fingerprint density at radius 3 is 1.31 bits per heavy atom. The number of carboxylic acids is 2. The number of likely N-dealkylation sites (tertiary alicyclic amines) is 2. The van der Waals surface area contributed by atoms with E-state index in [1.165, 1.54) is 0 Å². The maximum absolute atomic E-state index is 11.1. The molecule has 2 fully saturated rings. The molecule has 10 nitrogen and oxygen atoms in total. The third-order valence-corrected chi connectivity index (χ3v) is 4.45. The first-order valence-corrected chi connectivity index (χ1v) is 8.71. The first-order valence-electron chi connectivity index (χ1n) is 7.64. The molecule has 2 saturated heterocycles. The van der Waals surface area contributed by atoms with Gasteiger partial charge in [-0.2, -0.15) is 0 Å². The summed E-state index contributed by atoms with van der Waals surface area (Å²) in [5, 5.41) is 35.7. The lowest BCUT2D eigenvalue weighted by Gasteiger charge is -2.19. The van der Waals surface area contributed by atoms with Gasteiger partial charge >= 0.3 is 11.9 Å². The van der Waals surface area contributed by atoms with E-state index in [1.54, 1.807) is 0 Å². The van der Waals surface area contributed by atoms with E-state index in [-0.39, 0.29) is 37.7 Å². The van der Waals surface area contributed by atoms with Gasteiger partial charge in [0.15, 0.2) is 0 Å². The van der Waals surface area contributed by atoms with Gasteiger partial charge in [-0.3, -0.25) is 9.59 Å². The molecule has 12 heteroatoms. The number of carbonyl (C=O) groups is 4. The fraction of sp³-hybridized carbons (Fsp3) is 0.714. The molecule has 0 bridgehead atoms. The maximum Gasteiger partial charge on any atom is 0.326 e. The van der Waals surface area contributed by atoms with Crippen LogP contribution in [-0.2, 0) is 19.2 Å². The van der Waals surface area contributed by atoms with Gasteiger partial charge in [0.05, 0.1) is 12.2 Å². The minimum Gasteiger partial charge on any atom is -0.480 e. The second kappa shape index (κ2) is 9.91. The summed E-state index contributed by atoms with van der Waals surface area (Å²) in [7, 11) is 0. The highest BCUT2D eigenvalue weighted by Crippen LogP contribution is 2.19. The zero-order chi connectivity index (χ0) is 20.0. The normalized spacial score (nSPS) is 27.7. The molecule has 2 heterocycles. The topological polar surface area (TPSA) is 156 Å². The van der Waals surface area contributed by atoms with Crippen molar-refractivity contribution < 1.29 is 39.6 Å². The number of β-amino-alcohol motifs (C(OH)–C–C–N with tert-alkyl or cyclic N) is 2. The number of carbonyl (C=O) groups excluding carboxylic acids is 2. The van der Waals surface area contributed by atoms with Crippen LogP contribution in [-0.4, -0.2) is 103 Å². The van der Waals surface area contributed by atoms with E-state index in [0.29, 0.717) is 0 Å². The lowest BCUT2D eigenvalue weighted by atomic mass is 10.2. The number of alkyl halides is 2. The number of aliphatic carboxylic acids is 2. The van der Waals surface area contributed by atoms with Gasteiger partial charge < -0.3 is 30.2 Å². The Labute approximate surface area is 158 Å². The molecule has 0 aliphatic carbocycles. The van der Waals surface area contributed by atoms with E-state index in [1.807, 2.05) is 0 Å². The molecular weight excluding hydrogens is 395 g/mol. The highest BCUT2D eigenvalue weighted by Gasteiger charge is 2.39. The molecule has 2 amide bonds. The molecule has 2 aliphatic rings. The summed E-state index contributed by atoms with van der Waals surface area (Å²) in [6, 6.07) is -1.86. The van der Waals surface area contributed by atoms with Gasteiger partial charge in [-0.1, -0.05) is 0 Å². The largest absolute Gasteiger partial charge is 0.480 e. The first kappa shape index (κ1) is 22.4. The van der Waals surface area contributed by atoms with Crippen molar-refractivity contribution in [2.45, 2.75) is 37.1 Å². The molecule has 0 aromatic rings. The molecule has 0 spiro atoms. The molecule has 4 N–H and O–H groups in total. The highest BCUT2D eigenvalue weighted by atomic mass is 35.5. The predicted octanol–water partition coefficient (Wildman–Crippen LogP) is -1.46. The summed E-state index contributed by atoms with van der Waals surface area (Å²) in [4.78, 5) is 45.6. The average molecular weight is 415 g/mol. The van der Waals surface area contributed by atoms with E-state index in [0.717, 1.165) is 9.80 Å². The molecule has 148 valence electrons. The van der Waals surface area contributed by atoms with E-state index in [4.69, 9.17) is 43.6 Å². The number of nitrogens with zero attached hydrogens (tertiary/aromatic N) is 2. The monoisotopic (exact) mass is 414 g/mol. The van der Waals surface area contributed by atoms with E-state index < -0.39 is 48.0 Å². The Hall–Kier alpha value is -1.62. The quantitative estimate of drug-likeness (QED) is 0.406. The number of aliphatic hydroxyl groups excluding tert-OH is 2. The number of amides is 2. The third kappa shape index (κ3) is 5.70. The van der Waals surface area contributed by atoms with Gasteiger partial charge in [0.1, 0.15) is 23.8 Å². The van der Waals surface area contributed by atoms with Gasteiger partial charge in [0, 0.05) is 25.9 Å². The second-order valence-corrected chi connectivity index (χ2v) is 6.38. The van der Waals surface area contributed by atoms with Crippen LogP contribution in [0.2, 0.25) is 0 Å². The van der Waals surface area contributed by atoms with Crippen LogP contribution >= 0.6 is 23.2 Å². The number of aliphatic hydroxyl groups is 2. The van der Waals surface area contributed by atoms with Crippen molar-refractivity contribution in [3.63, 3.8) is 0 Å². The summed E-state index contributed by atoms with van der Waals surface area (Å²) in [6.07, 6.45) is -1.35. The SMILES string of the molecule is O=C(O)[C@H]1C[C@H](O)CN1C(=O)CCl.O=C(O)[C@H]1C[C@H](O)CN1C(=O)CCl. The van der Waals surface area contributed by atoms with Gasteiger partial charge in [-0.15, -0.1) is 23.2 Å². The van der Waals surface area contributed by atoms with Crippen molar-refractivity contribution in [3.05, 3.63) is 0 Å². The Kier molecular flexibility index (Phi) is 8.54. The number of halogens is 2. The molecular formula is C14H20Cl2N2O8. The minimum atomic E-state index is -1.10. The average Bonchev–Trinajstić information content (AvgIpc) is 3.17. The Balaban J connectivity index is 0.000000260. The summed E-state index contributed by atoms with van der Waals surface area (Å²) in [6.45, 7) is 0.116. The van der Waals surface area contributed by atoms with Gasteiger partial charge in [-0.25, -0.2) is 9.59 Å². The number of hydrogen-bond acceptors (Lipinski definition) is 6. The maximum atomic E-state index is 11.1. The predicted molar refractivity (Wildman–Crippen MR) is 89.0 cm³/mol. The Bertz CT molecular complexity index is 513. The molecule has 0 aromatic carbocycles. The second-order valence-electron chi connectivity index (χ2n) is 5.85. The standard InChI is InChI=1S/2C7H10ClNO4/c2*8-2-6(11)9-3-4(10)1-5(9)7(12)13/h2*4-5,10H,1-3H2,(H,12,13)/t2*4-,5+/m00/s1. The van der Waals surface area contributed by atoms with Crippen molar-refractivity contribution in [2.24, 2.45) is 0 Å². The molecule has 4 atom stereocenters. The molecule has 2 rings (SSSR count). The van der Waals surface area contributed by atoms with Crippen molar-refractivity contribution in [3.8, 4) is 0 Å². The fourth-order valence-electron chi connectivity index (χ4n) is 2.80. The molecule has 0 unspecified atom stereocenters. The molecule has 26 heavy (non-hydrogen) atoms. The third-order valence-electron chi connectivity index (χ3n) is 4.00. The smallest absolute Gasteiger partial charge is 0.326 e. The van der Waals surface area contributed by atoms with E-state index in [2.05, 4.69) is 0 Å². The van der Waals surface area contributed by atoms with Crippen LogP contribution in [0, 0.1) is 0 Å². The molecule has 0 saturated carbocycles. The van der Waals surface area contributed by atoms with Crippen LogP contribution in [0.15, 0.2) is 0 Å². The van der Waals surface area contributed by atoms with E-state index in [9.17, 15) is 19.2 Å². The fourth-order valence-corrected chi connectivity index (χ4v) is 3.11. The Morgan fingerprint density at radius 1 is 0.769 bits per heavy atom. The molecule has 0 aromatic heterocycles. The zero-order valence-corrected chi connectivity index (χ0v) is 15.1. The van der Waals surface area contributed by atoms with Crippen LogP contribution in [0.1, 0.15) is 12.8 Å². The van der Waals surface area contributed by atoms with Gasteiger partial charge in [0.2, 0.25) is 11.8 Å². The molecule has 2 aliphatic heterocycles. The van der Waals surface area contributed by atoms with Crippen LogP contribution in [0.5, 0.6) is 0 Å². The van der Waals surface area contributed by atoms with Crippen LogP contribution in [0.3, 0.4) is 0 Å². The van der Waals surface area contributed by atoms with Crippen molar-refractivity contribution in [1.82, 2.24) is 9.80 Å². The zero-order valence-electron chi connectivity index (χ0n) is 13.6. The summed E-state index contributed by atoms with van der Waals surface area (Å²) < 4.78 is 0. The number of hydrogen-bond donors (Lipinski definition) is 4. The van der Waals surface area contributed by atoms with Crippen LogP contribution in [0.4, 0.5) is 0 Å². The van der Waals surface area contributed by atoms with E-state index >= 15 is 0 Å². The van der Waals surface area contributed by atoms with Crippen LogP contribution < -0.4 is 0 Å². The van der Waals surface area contributed by atoms with Crippen molar-refractivity contribution in [1.29, 1.82) is 0 Å². The summed E-state index contributed by atoms with van der Waals surface area (Å²) >= 11 is 10.6. The lowest BCUT2D eigenvalue weighted by Crippen LogP contribution is -2.41. The first-order chi connectivity index (χ1) is 12.1. The minimum absolute atomic E-state index is 0.0581. The lowest BCUT2D eigenvalue weighted by molar-refractivity contribution is -0.147. The van der Waals surface area contributed by atoms with Crippen LogP contribution in [0.25, 0.3) is 0 Å². The number of carboxylic acid groups (broad SMARTS) is 2.